The summed E-state index contributed by atoms with van der Waals surface area (Å²) < 4.78 is 117. The minimum absolute atomic E-state index is 0.188. The van der Waals surface area contributed by atoms with Gasteiger partial charge in [-0.1, -0.05) is 0 Å². The van der Waals surface area contributed by atoms with Crippen molar-refractivity contribution in [2.24, 2.45) is 5.92 Å². The molecule has 0 aromatic heterocycles. The van der Waals surface area contributed by atoms with Gasteiger partial charge in [-0.3, -0.25) is 0 Å². The van der Waals surface area contributed by atoms with Crippen LogP contribution in [0.2, 0.25) is 0 Å². The largest absolute Gasteiger partial charge is 0.391 e. The monoisotopic (exact) mass is 349 g/mol. The number of piperidine rings is 1. The molecule has 0 unspecified atom stereocenters. The van der Waals surface area contributed by atoms with Crippen LogP contribution in [-0.2, 0) is 0 Å². The molecule has 0 saturated carbocycles. The third-order valence-electron chi connectivity index (χ3n) is 2.66. The fraction of sp³-hybridized carbons (Fsp3) is 0.818. The molecule has 22 heavy (non-hydrogen) atoms. The molecule has 1 heterocycles. The molecule has 1 fully saturated rings. The molecule has 11 heteroatoms. The number of nitrogens with zero attached hydrogens (tertiary/aromatic N) is 1. The van der Waals surface area contributed by atoms with Gasteiger partial charge in [0.2, 0.25) is 0 Å². The Kier molecular flexibility index (Phi) is 7.17. The molecule has 0 amide bonds. The Hall–Kier alpha value is -1.00. The smallest absolute Gasteiger partial charge is 0.241 e. The molecule has 0 aliphatic carbocycles. The van der Waals surface area contributed by atoms with Crippen molar-refractivity contribution in [2.75, 3.05) is 13.1 Å². The molecule has 1 aliphatic rings. The van der Waals surface area contributed by atoms with E-state index in [-0.39, 0.29) is 6.92 Å². The number of alkyl halides is 8. The van der Waals surface area contributed by atoms with Gasteiger partial charge < -0.3 is 0 Å². The minimum atomic E-state index is -4.41. The molecule has 0 atom stereocenters. The van der Waals surface area contributed by atoms with Crippen molar-refractivity contribution >= 4 is 0 Å². The van der Waals surface area contributed by atoms with Crippen molar-refractivity contribution in [3.8, 4) is 0 Å². The van der Waals surface area contributed by atoms with E-state index in [2.05, 4.69) is 0 Å². The van der Waals surface area contributed by atoms with Crippen LogP contribution in [0.3, 0.4) is 0 Å². The zero-order valence-electron chi connectivity index (χ0n) is 11.2. The second kappa shape index (κ2) is 7.51. The maximum Gasteiger partial charge on any atom is 0.391 e. The number of hydrogen-bond donors (Lipinski definition) is 0. The first-order chi connectivity index (χ1) is 9.63. The van der Waals surface area contributed by atoms with Crippen molar-refractivity contribution in [3.05, 3.63) is 12.2 Å². The lowest BCUT2D eigenvalue weighted by molar-refractivity contribution is -0.199. The van der Waals surface area contributed by atoms with Crippen molar-refractivity contribution in [1.29, 1.82) is 0 Å². The molecule has 132 valence electrons. The summed E-state index contributed by atoms with van der Waals surface area (Å²) in [5.74, 6) is -1.63. The van der Waals surface area contributed by atoms with Crippen molar-refractivity contribution in [1.82, 2.24) is 4.90 Å². The predicted molar refractivity (Wildman–Crippen MR) is 57.3 cm³/mol. The second-order valence-electron chi connectivity index (χ2n) is 4.61. The number of rotatable bonds is 2. The fourth-order valence-electron chi connectivity index (χ4n) is 1.73. The van der Waals surface area contributed by atoms with Crippen LogP contribution >= 0.6 is 0 Å². The van der Waals surface area contributed by atoms with E-state index in [9.17, 15) is 43.9 Å². The Bertz CT molecular complexity index is 352. The van der Waals surface area contributed by atoms with Crippen molar-refractivity contribution in [3.63, 3.8) is 0 Å². The van der Waals surface area contributed by atoms with Crippen LogP contribution in [0.4, 0.5) is 43.9 Å². The molecule has 1 nitrogen and oxygen atoms in total. The highest BCUT2D eigenvalue weighted by Crippen LogP contribution is 2.37. The van der Waals surface area contributed by atoms with Crippen LogP contribution in [0, 0.1) is 5.92 Å². The maximum absolute atomic E-state index is 13.1. The van der Waals surface area contributed by atoms with Gasteiger partial charge in [0.1, 0.15) is 0 Å². The van der Waals surface area contributed by atoms with E-state index >= 15 is 0 Å². The average molecular weight is 349 g/mol. The summed E-state index contributed by atoms with van der Waals surface area (Å²) in [6, 6.07) is -3.89. The molecule has 0 bridgehead atoms. The molecule has 0 aromatic rings. The Balaban J connectivity index is 0.000000763. The molecule has 0 radical (unpaired) electrons. The first-order valence-electron chi connectivity index (χ1n) is 5.93. The van der Waals surface area contributed by atoms with E-state index in [1.807, 2.05) is 0 Å². The van der Waals surface area contributed by atoms with E-state index in [4.69, 9.17) is 0 Å². The summed E-state index contributed by atoms with van der Waals surface area (Å²) in [7, 11) is 0. The zero-order chi connectivity index (χ0) is 17.8. The number of likely N-dealkylation sites (tertiary alicyclic amines) is 1. The summed E-state index contributed by atoms with van der Waals surface area (Å²) in [5.41, 5.74) is 0. The van der Waals surface area contributed by atoms with Crippen LogP contribution in [0.1, 0.15) is 19.8 Å². The SMILES string of the molecule is CC(F)(F)F.FC(F)=CC(F)(F)N1CCC(C(F)(F)F)CC1. The highest BCUT2D eigenvalue weighted by molar-refractivity contribution is 4.96. The summed E-state index contributed by atoms with van der Waals surface area (Å²) in [6.45, 7) is -0.922. The first-order valence-corrected chi connectivity index (χ1v) is 5.93. The van der Waals surface area contributed by atoms with Gasteiger partial charge in [-0.25, -0.2) is 4.90 Å². The van der Waals surface area contributed by atoms with Gasteiger partial charge in [-0.2, -0.15) is 43.9 Å². The normalized spacial score (nSPS) is 18.5. The lowest BCUT2D eigenvalue weighted by Gasteiger charge is -2.36. The molecule has 1 rings (SSSR count). The average Bonchev–Trinajstić information content (AvgIpc) is 2.24. The standard InChI is InChI=1S/C9H10F7N.C2H3F3/c10-7(11)5-8(12,13)17-3-1-6(2-4-17)9(14,15)16;1-2(3,4)5/h5-6H,1-4H2;1H3. The van der Waals surface area contributed by atoms with E-state index in [0.717, 1.165) is 0 Å². The highest BCUT2D eigenvalue weighted by atomic mass is 19.4. The lowest BCUT2D eigenvalue weighted by atomic mass is 9.96. The Labute approximate surface area is 119 Å². The van der Waals surface area contributed by atoms with Crippen LogP contribution in [0.25, 0.3) is 0 Å². The molecule has 0 spiro atoms. The van der Waals surface area contributed by atoms with Gasteiger partial charge >= 0.3 is 18.4 Å². The summed E-state index contributed by atoms with van der Waals surface area (Å²) in [4.78, 5) is 0.328. The second-order valence-corrected chi connectivity index (χ2v) is 4.61. The Morgan fingerprint density at radius 1 is 0.909 bits per heavy atom. The first kappa shape index (κ1) is 21.0. The minimum Gasteiger partial charge on any atom is -0.241 e. The summed E-state index contributed by atoms with van der Waals surface area (Å²) >= 11 is 0. The summed E-state index contributed by atoms with van der Waals surface area (Å²) in [5, 5.41) is 0. The molecule has 0 N–H and O–H groups in total. The number of hydrogen-bond acceptors (Lipinski definition) is 1. The third-order valence-corrected chi connectivity index (χ3v) is 2.66. The van der Waals surface area contributed by atoms with Gasteiger partial charge in [-0.15, -0.1) is 0 Å². The zero-order valence-corrected chi connectivity index (χ0v) is 11.2. The van der Waals surface area contributed by atoms with Gasteiger partial charge in [0.05, 0.1) is 12.0 Å². The fourth-order valence-corrected chi connectivity index (χ4v) is 1.73. The Morgan fingerprint density at radius 3 is 1.55 bits per heavy atom. The van der Waals surface area contributed by atoms with Crippen LogP contribution in [0.5, 0.6) is 0 Å². The van der Waals surface area contributed by atoms with E-state index < -0.39 is 62.4 Å². The van der Waals surface area contributed by atoms with Gasteiger partial charge in [0.15, 0.2) is 0 Å². The Morgan fingerprint density at radius 2 is 1.27 bits per heavy atom. The van der Waals surface area contributed by atoms with Gasteiger partial charge in [0.25, 0.3) is 6.08 Å². The van der Waals surface area contributed by atoms with Gasteiger partial charge in [0, 0.05) is 20.0 Å². The van der Waals surface area contributed by atoms with Crippen LogP contribution in [0.15, 0.2) is 12.2 Å². The predicted octanol–water partition coefficient (Wildman–Crippen LogP) is 5.20. The lowest BCUT2D eigenvalue weighted by Crippen LogP contribution is -2.47. The molecule has 1 aliphatic heterocycles. The maximum atomic E-state index is 13.1. The van der Waals surface area contributed by atoms with E-state index in [1.54, 1.807) is 0 Å². The van der Waals surface area contributed by atoms with Crippen LogP contribution < -0.4 is 0 Å². The van der Waals surface area contributed by atoms with Crippen molar-refractivity contribution < 1.29 is 43.9 Å². The van der Waals surface area contributed by atoms with Crippen LogP contribution in [-0.4, -0.2) is 36.4 Å². The highest BCUT2D eigenvalue weighted by Gasteiger charge is 2.45. The molecule has 0 aromatic carbocycles. The van der Waals surface area contributed by atoms with Gasteiger partial charge in [-0.05, 0) is 12.8 Å². The number of halogens is 10. The summed E-state index contributed by atoms with van der Waals surface area (Å²) in [6.07, 6.45) is -12.5. The quantitative estimate of drug-likeness (QED) is 0.489. The van der Waals surface area contributed by atoms with E-state index in [1.165, 1.54) is 0 Å². The topological polar surface area (TPSA) is 3.24 Å². The molecular weight excluding hydrogens is 336 g/mol. The molecular formula is C11H13F10N. The van der Waals surface area contributed by atoms with E-state index in [0.29, 0.717) is 4.90 Å². The third kappa shape index (κ3) is 9.11. The van der Waals surface area contributed by atoms with Crippen molar-refractivity contribution in [2.45, 2.75) is 38.2 Å². The molecule has 1 saturated heterocycles.